The third-order valence-electron chi connectivity index (χ3n) is 10.1. The second-order valence-electron chi connectivity index (χ2n) is 16.0. The molecule has 0 aliphatic carbocycles. The zero-order chi connectivity index (χ0) is 42.4. The Hall–Kier alpha value is -1.30. The summed E-state index contributed by atoms with van der Waals surface area (Å²) in [7, 11) is 0. The summed E-state index contributed by atoms with van der Waals surface area (Å²) in [6, 6.07) is 0. The van der Waals surface area contributed by atoms with Gasteiger partial charge in [0.25, 0.3) is 0 Å². The number of carboxylic acid groups (broad SMARTS) is 2. The molecule has 0 atom stereocenters. The van der Waals surface area contributed by atoms with Crippen LogP contribution in [0.5, 0.6) is 0 Å². The van der Waals surface area contributed by atoms with E-state index in [0.29, 0.717) is 0 Å². The number of carboxylic acids is 2. The van der Waals surface area contributed by atoms with Crippen LogP contribution in [0.3, 0.4) is 0 Å². The van der Waals surface area contributed by atoms with Crippen LogP contribution in [0.25, 0.3) is 0 Å². The van der Waals surface area contributed by atoms with Gasteiger partial charge in [-0.25, -0.2) is 0 Å². The van der Waals surface area contributed by atoms with Crippen molar-refractivity contribution in [3.63, 3.8) is 0 Å². The summed E-state index contributed by atoms with van der Waals surface area (Å²) in [6.07, 6.45) is 61.7. The molecule has 0 rings (SSSR count). The van der Waals surface area contributed by atoms with Crippen molar-refractivity contribution in [2.75, 3.05) is 0 Å². The van der Waals surface area contributed by atoms with Gasteiger partial charge in [-0.3, -0.25) is 0 Å². The summed E-state index contributed by atoms with van der Waals surface area (Å²) in [4.78, 5) is 20.4. The molecule has 57 heavy (non-hydrogen) atoms. The molecule has 0 aliphatic heterocycles. The van der Waals surface area contributed by atoms with E-state index in [1.54, 1.807) is 21.7 Å². The summed E-state index contributed by atoms with van der Waals surface area (Å²) in [5.74, 6) is -1.84. The summed E-state index contributed by atoms with van der Waals surface area (Å²) in [5.41, 5.74) is 0. The molecule has 0 amide bonds. The quantitative estimate of drug-likeness (QED) is 0.0347. The molecule has 0 aliphatic rings. The second kappa shape index (κ2) is 59.0. The van der Waals surface area contributed by atoms with E-state index in [2.05, 4.69) is 76.3 Å². The predicted octanol–water partition coefficient (Wildman–Crippen LogP) is 15.3. The molecule has 0 fully saturated rings. The molecule has 0 unspecified atom stereocenters. The molecule has 0 radical (unpaired) electrons. The second-order valence-corrected chi connectivity index (χ2v) is 20.3. The molecule has 0 heterocycles. The van der Waals surface area contributed by atoms with Gasteiger partial charge in [-0.2, -0.15) is 0 Å². The maximum absolute atomic E-state index is 10.2. The van der Waals surface area contributed by atoms with E-state index >= 15 is 0 Å². The Bertz CT molecular complexity index is 807. The van der Waals surface area contributed by atoms with Gasteiger partial charge in [0.05, 0.1) is 0 Å². The Kier molecular flexibility index (Phi) is 62.1. The van der Waals surface area contributed by atoms with Crippen LogP contribution in [0, 0.1) is 0 Å². The molecule has 0 aromatic carbocycles. The monoisotopic (exact) mass is 905 g/mol. The number of carbonyl (C=O) groups is 2. The predicted molar refractivity (Wildman–Crippen MR) is 251 cm³/mol. The van der Waals surface area contributed by atoms with Crippen molar-refractivity contribution in [2.45, 2.75) is 268 Å². The molecule has 0 saturated heterocycles. The molecule has 0 aromatic rings. The van der Waals surface area contributed by atoms with Gasteiger partial charge in [-0.05, 0) is 89.9 Å². The van der Waals surface area contributed by atoms with Gasteiger partial charge < -0.3 is 19.8 Å². The van der Waals surface area contributed by atoms with Crippen LogP contribution in [-0.2, 0) is 9.59 Å². The van der Waals surface area contributed by atoms with Gasteiger partial charge in [0, 0.05) is 11.9 Å². The Balaban J connectivity index is -0.000000771. The summed E-state index contributed by atoms with van der Waals surface area (Å²) < 4.78 is 3.31. The fourth-order valence-corrected chi connectivity index (χ4v) is 9.91. The Morgan fingerprint density at radius 1 is 0.333 bits per heavy atom. The van der Waals surface area contributed by atoms with Crippen LogP contribution in [0.2, 0.25) is 8.87 Å². The van der Waals surface area contributed by atoms with Crippen molar-refractivity contribution < 1.29 is 19.8 Å². The fourth-order valence-electron chi connectivity index (χ4n) is 6.35. The molecule has 5 heteroatoms. The molecular weight excluding hydrogens is 807 g/mol. The molecule has 0 spiro atoms. The van der Waals surface area contributed by atoms with Crippen molar-refractivity contribution in [3.8, 4) is 0 Å². The van der Waals surface area contributed by atoms with Crippen molar-refractivity contribution >= 4 is 33.1 Å². The molecule has 0 bridgehead atoms. The minimum atomic E-state index is -0.921. The Morgan fingerprint density at radius 2 is 0.579 bits per heavy atom. The van der Waals surface area contributed by atoms with Crippen molar-refractivity contribution in [1.29, 1.82) is 0 Å². The summed E-state index contributed by atoms with van der Waals surface area (Å²) in [5, 5.41) is 20.4. The molecular formula is C52H96O4Sn. The van der Waals surface area contributed by atoms with Crippen LogP contribution >= 0.6 is 0 Å². The number of allylic oxidation sites excluding steroid dienone is 8. The van der Waals surface area contributed by atoms with E-state index in [1.807, 2.05) is 0 Å². The number of carbonyl (C=O) groups excluding carboxylic acids is 2. The first-order chi connectivity index (χ1) is 28.0. The molecule has 0 N–H and O–H groups in total. The van der Waals surface area contributed by atoms with Gasteiger partial charge in [0.1, 0.15) is 0 Å². The standard InChI is InChI=1S/2C18H32O2.2C8H17.Sn/c2*1-2-3-4-5-6-7-8-9-10-11-12-13-14-15-16-17-18(19)20;2*1-3-5-7-8-6-4-2;/h2*6-7,9-10H,2-5,8,11-17H2,1H3,(H,19,20);2*1,3-8H2,2H3;/q;;;;+2/p-2/b2*7-6-,10-9-;;;. The first-order valence-electron chi connectivity index (χ1n) is 24.7. The van der Waals surface area contributed by atoms with Gasteiger partial charge in [0.2, 0.25) is 0 Å². The third-order valence-corrected chi connectivity index (χ3v) is 14.1. The first kappa shape index (κ1) is 60.0. The van der Waals surface area contributed by atoms with E-state index in [0.717, 1.165) is 64.2 Å². The van der Waals surface area contributed by atoms with Crippen LogP contribution in [0.1, 0.15) is 259 Å². The van der Waals surface area contributed by atoms with Gasteiger partial charge in [0.15, 0.2) is 0 Å². The van der Waals surface area contributed by atoms with E-state index in [1.165, 1.54) is 141 Å². The van der Waals surface area contributed by atoms with Gasteiger partial charge in [-0.15, -0.1) is 0 Å². The van der Waals surface area contributed by atoms with E-state index < -0.39 is 11.9 Å². The van der Waals surface area contributed by atoms with Crippen LogP contribution < -0.4 is 10.2 Å². The molecule has 0 saturated carbocycles. The van der Waals surface area contributed by atoms with Crippen LogP contribution in [0.4, 0.5) is 0 Å². The summed E-state index contributed by atoms with van der Waals surface area (Å²) in [6.45, 7) is 9.07. The Labute approximate surface area is 367 Å². The maximum atomic E-state index is 10.2. The minimum absolute atomic E-state index is 0.0736. The average Bonchev–Trinajstić information content (AvgIpc) is 3.20. The average molecular weight is 904 g/mol. The van der Waals surface area contributed by atoms with Crippen molar-refractivity contribution in [2.24, 2.45) is 0 Å². The van der Waals surface area contributed by atoms with Gasteiger partial charge >= 0.3 is 121 Å². The third kappa shape index (κ3) is 69.7. The van der Waals surface area contributed by atoms with E-state index in [9.17, 15) is 19.8 Å². The fraction of sp³-hybridized carbons (Fsp3) is 0.808. The molecule has 0 aromatic heterocycles. The number of hydrogen-bond donors (Lipinski definition) is 0. The van der Waals surface area contributed by atoms with Gasteiger partial charge in [-0.1, -0.05) is 127 Å². The number of rotatable bonds is 42. The van der Waals surface area contributed by atoms with Crippen LogP contribution in [-0.4, -0.2) is 33.1 Å². The Morgan fingerprint density at radius 3 is 0.895 bits per heavy atom. The molecule has 4 nitrogen and oxygen atoms in total. The first-order valence-corrected chi connectivity index (χ1v) is 28.7. The van der Waals surface area contributed by atoms with E-state index in [4.69, 9.17) is 0 Å². The van der Waals surface area contributed by atoms with Crippen molar-refractivity contribution in [1.82, 2.24) is 0 Å². The number of hydrogen-bond acceptors (Lipinski definition) is 4. The van der Waals surface area contributed by atoms with E-state index in [-0.39, 0.29) is 34.0 Å². The molecule has 332 valence electrons. The summed E-state index contributed by atoms with van der Waals surface area (Å²) >= 11 is 0.0736. The number of unbranched alkanes of at least 4 members (excludes halogenated alkanes) is 26. The van der Waals surface area contributed by atoms with Crippen LogP contribution in [0.15, 0.2) is 48.6 Å². The SMILES string of the molecule is CCCCC/C=C\C/C=C\CCCCCCCC(=O)[O-].CCCCC/C=C\C/C=C\CCCCCCCC(=O)[O-].CCCCCCC[CH2][Sn+2][CH2]CCCCCCC. The normalized spacial score (nSPS) is 11.3. The number of aliphatic carboxylic acids is 2. The van der Waals surface area contributed by atoms with Crippen molar-refractivity contribution in [3.05, 3.63) is 48.6 Å². The topological polar surface area (TPSA) is 80.3 Å². The zero-order valence-corrected chi connectivity index (χ0v) is 41.5. The zero-order valence-electron chi connectivity index (χ0n) is 38.6.